The van der Waals surface area contributed by atoms with E-state index < -0.39 is 25.4 Å². The normalized spacial score (nSPS) is 17.9. The Bertz CT molecular complexity index is 614. The maximum Gasteiger partial charge on any atom is 0.512 e. The molecule has 1 atom stereocenters. The molecule has 0 aromatic rings. The molecule has 110 valence electrons. The predicted molar refractivity (Wildman–Crippen MR) is 66.7 cm³/mol. The quantitative estimate of drug-likeness (QED) is 0.763. The number of halogens is 3. The topological polar surface area (TPSA) is 87.1 Å². The summed E-state index contributed by atoms with van der Waals surface area (Å²) >= 11 is 0. The van der Waals surface area contributed by atoms with Gasteiger partial charge in [-0.2, -0.15) is 13.2 Å². The summed E-state index contributed by atoms with van der Waals surface area (Å²) in [6.45, 7) is 6.11. The summed E-state index contributed by atoms with van der Waals surface area (Å²) < 4.78 is 77.4. The average molecular weight is 318 g/mol. The molecule has 0 heterocycles. The zero-order chi connectivity index (χ0) is 15.5. The third-order valence-corrected chi connectivity index (χ3v) is 5.36. The third kappa shape index (κ3) is 5.17. The molecule has 0 fully saturated rings. The van der Waals surface area contributed by atoms with Gasteiger partial charge in [0.25, 0.3) is 0 Å². The molecule has 0 rings (SSSR count). The molecule has 0 saturated carbocycles. The minimum Gasteiger partial charge on any atom is -0.236 e. The molecule has 0 aromatic carbocycles. The molecule has 19 heavy (non-hydrogen) atoms. The Kier molecular flexibility index (Phi) is 5.53. The minimum atomic E-state index is -5.84. The molecule has 1 unspecified atom stereocenters. The van der Waals surface area contributed by atoms with Crippen LogP contribution in [-0.2, 0) is 19.9 Å². The summed E-state index contributed by atoms with van der Waals surface area (Å²) in [6, 6.07) is 0. The summed E-state index contributed by atoms with van der Waals surface area (Å²) in [6.07, 6.45) is 3.86. The van der Waals surface area contributed by atoms with Gasteiger partial charge in [0, 0.05) is 4.91 Å². The smallest absolute Gasteiger partial charge is 0.236 e. The lowest BCUT2D eigenvalue weighted by Crippen LogP contribution is -2.39. The lowest BCUT2D eigenvalue weighted by atomic mass is 10.3. The second kappa shape index (κ2) is 5.88. The van der Waals surface area contributed by atoms with Crippen LogP contribution in [0.1, 0.15) is 13.8 Å². The Hall–Kier alpha value is -1.13. The summed E-state index contributed by atoms with van der Waals surface area (Å²) in [5, 5.41) is 0. The molecule has 0 bridgehead atoms. The van der Waals surface area contributed by atoms with Crippen molar-refractivity contribution in [2.45, 2.75) is 19.4 Å². The van der Waals surface area contributed by atoms with Gasteiger partial charge in [0.05, 0.1) is 0 Å². The van der Waals surface area contributed by atoms with Crippen molar-refractivity contribution in [2.75, 3.05) is 0 Å². The van der Waals surface area contributed by atoms with E-state index in [9.17, 15) is 25.8 Å². The monoisotopic (exact) mass is 318 g/mol. The molecule has 0 amide bonds. The van der Waals surface area contributed by atoms with Crippen LogP contribution in [0.25, 0.3) is 0 Å². The van der Waals surface area contributed by atoms with Gasteiger partial charge >= 0.3 is 15.5 Å². The number of allylic oxidation sites excluding steroid dienone is 5. The van der Waals surface area contributed by atoms with E-state index in [0.717, 1.165) is 17.1 Å². The van der Waals surface area contributed by atoms with Gasteiger partial charge in [-0.1, -0.05) is 24.3 Å². The van der Waals surface area contributed by atoms with Gasteiger partial charge in [0.1, 0.15) is 9.92 Å². The summed E-state index contributed by atoms with van der Waals surface area (Å²) in [5.74, 6) is 0. The Labute approximate surface area is 110 Å². The van der Waals surface area contributed by atoms with E-state index in [1.165, 1.54) is 12.2 Å². The molecule has 0 aliphatic heterocycles. The fourth-order valence-corrected chi connectivity index (χ4v) is 3.08. The molecule has 10 heteroatoms. The zero-order valence-corrected chi connectivity index (χ0v) is 11.7. The highest BCUT2D eigenvalue weighted by molar-refractivity contribution is 8.07. The number of alkyl halides is 3. The van der Waals surface area contributed by atoms with Crippen LogP contribution in [0.15, 0.2) is 35.3 Å². The molecular weight excluding hydrogens is 305 g/mol. The Morgan fingerprint density at radius 1 is 1.21 bits per heavy atom. The van der Waals surface area contributed by atoms with Crippen LogP contribution in [0.3, 0.4) is 0 Å². The molecule has 0 radical (unpaired) electrons. The molecule has 0 aliphatic rings. The van der Waals surface area contributed by atoms with Gasteiger partial charge in [0.2, 0.25) is 0 Å². The first-order chi connectivity index (χ1) is 8.33. The van der Waals surface area contributed by atoms with E-state index in [2.05, 4.69) is 6.58 Å². The van der Waals surface area contributed by atoms with Crippen LogP contribution < -0.4 is 4.13 Å². The summed E-state index contributed by atoms with van der Waals surface area (Å²) in [7, 11) is -10.1. The number of hydrogen-bond donors (Lipinski definition) is 2. The fourth-order valence-electron chi connectivity index (χ4n) is 0.680. The van der Waals surface area contributed by atoms with E-state index in [1.54, 1.807) is 6.92 Å². The fraction of sp³-hybridized carbons (Fsp3) is 0.333. The van der Waals surface area contributed by atoms with Crippen LogP contribution in [0.4, 0.5) is 13.2 Å². The Morgan fingerprint density at radius 2 is 1.68 bits per heavy atom. The van der Waals surface area contributed by atoms with E-state index in [0.29, 0.717) is 5.57 Å². The Balaban J connectivity index is 5.40. The Morgan fingerprint density at radius 3 is 2.05 bits per heavy atom. The molecular formula is C9H13F3N2O3S2. The minimum absolute atomic E-state index is 0.360. The first kappa shape index (κ1) is 17.9. The highest BCUT2D eigenvalue weighted by Gasteiger charge is 2.47. The van der Waals surface area contributed by atoms with Crippen molar-refractivity contribution in [1.82, 2.24) is 4.13 Å². The number of sulfonamides is 1. The van der Waals surface area contributed by atoms with Crippen LogP contribution in [0.2, 0.25) is 0 Å². The van der Waals surface area contributed by atoms with Crippen LogP contribution >= 0.6 is 0 Å². The van der Waals surface area contributed by atoms with Gasteiger partial charge in [0.15, 0.2) is 0 Å². The third-order valence-electron chi connectivity index (χ3n) is 1.89. The summed E-state index contributed by atoms with van der Waals surface area (Å²) in [4.78, 5) is -0.360. The summed E-state index contributed by atoms with van der Waals surface area (Å²) in [5.41, 5.74) is -5.02. The standard InChI is InChI=1S/C9H13F3N2O3S2/c1-4-7(2)5-6-8(3)18(13,15)14-19(16,17)9(10,11)12/h4-6H,1H2,2-3H3,(H2,13,14,15)/b7-5+,8-6+. The molecule has 5 nitrogen and oxygen atoms in total. The largest absolute Gasteiger partial charge is 0.512 e. The van der Waals surface area contributed by atoms with E-state index in [4.69, 9.17) is 4.78 Å². The lowest BCUT2D eigenvalue weighted by molar-refractivity contribution is -0.0441. The van der Waals surface area contributed by atoms with Gasteiger partial charge in [-0.25, -0.2) is 17.4 Å². The van der Waals surface area contributed by atoms with Crippen molar-refractivity contribution in [3.05, 3.63) is 35.3 Å². The van der Waals surface area contributed by atoms with Crippen molar-refractivity contribution >= 4 is 19.9 Å². The number of hydrogen-bond acceptors (Lipinski definition) is 4. The van der Waals surface area contributed by atoms with E-state index >= 15 is 0 Å². The van der Waals surface area contributed by atoms with Crippen LogP contribution in [0, 0.1) is 4.78 Å². The maximum atomic E-state index is 12.1. The van der Waals surface area contributed by atoms with Gasteiger partial charge in [-0.15, -0.1) is 4.13 Å². The number of nitrogens with one attached hydrogen (secondary N) is 2. The average Bonchev–Trinajstić information content (AvgIpc) is 2.22. The first-order valence-electron chi connectivity index (χ1n) is 4.70. The van der Waals surface area contributed by atoms with Crippen LogP contribution in [0.5, 0.6) is 0 Å². The molecule has 0 spiro atoms. The zero-order valence-electron chi connectivity index (χ0n) is 10.1. The molecule has 2 N–H and O–H groups in total. The second-order valence-corrected chi connectivity index (χ2v) is 7.37. The van der Waals surface area contributed by atoms with Gasteiger partial charge in [-0.3, -0.25) is 0 Å². The molecule has 0 aliphatic carbocycles. The first-order valence-corrected chi connectivity index (χ1v) is 7.74. The highest BCUT2D eigenvalue weighted by Crippen LogP contribution is 2.23. The number of rotatable bonds is 5. The van der Waals surface area contributed by atoms with Crippen LogP contribution in [-0.4, -0.2) is 18.1 Å². The van der Waals surface area contributed by atoms with Crippen molar-refractivity contribution in [3.63, 3.8) is 0 Å². The lowest BCUT2D eigenvalue weighted by Gasteiger charge is -2.12. The highest BCUT2D eigenvalue weighted by atomic mass is 32.3. The van der Waals surface area contributed by atoms with Crippen molar-refractivity contribution in [3.8, 4) is 0 Å². The molecule has 0 aromatic heterocycles. The van der Waals surface area contributed by atoms with E-state index in [-0.39, 0.29) is 4.91 Å². The van der Waals surface area contributed by atoms with Gasteiger partial charge in [-0.05, 0) is 19.9 Å². The SMILES string of the molecule is C=C/C(C)=C/C=C(\C)S(=N)(=O)NS(=O)(=O)C(F)(F)F. The van der Waals surface area contributed by atoms with Crippen molar-refractivity contribution < 1.29 is 25.8 Å². The maximum absolute atomic E-state index is 12.1. The van der Waals surface area contributed by atoms with Crippen molar-refractivity contribution in [1.29, 1.82) is 4.78 Å². The van der Waals surface area contributed by atoms with Gasteiger partial charge < -0.3 is 0 Å². The van der Waals surface area contributed by atoms with E-state index in [1.807, 2.05) is 0 Å². The predicted octanol–water partition coefficient (Wildman–Crippen LogP) is 2.42. The molecule has 0 saturated heterocycles. The second-order valence-electron chi connectivity index (χ2n) is 3.48. The van der Waals surface area contributed by atoms with Crippen molar-refractivity contribution in [2.24, 2.45) is 0 Å².